The van der Waals surface area contributed by atoms with E-state index >= 15 is 0 Å². The molecule has 0 fully saturated rings. The highest BCUT2D eigenvalue weighted by Gasteiger charge is 2.04. The maximum absolute atomic E-state index is 10.4. The first-order chi connectivity index (χ1) is 6.63. The average Bonchev–Trinajstić information content (AvgIpc) is 2.18. The van der Waals surface area contributed by atoms with Gasteiger partial charge in [0.25, 0.3) is 0 Å². The fraction of sp³-hybridized carbons (Fsp3) is 0.100. The molecule has 0 bridgehead atoms. The molecule has 0 radical (unpaired) electrons. The molecular formula is C10H11NO3. The van der Waals surface area contributed by atoms with Crippen molar-refractivity contribution in [1.29, 1.82) is 0 Å². The number of aromatic nitrogens is 1. The van der Waals surface area contributed by atoms with Gasteiger partial charge in [-0.25, -0.2) is 4.79 Å². The van der Waals surface area contributed by atoms with E-state index in [2.05, 4.69) is 11.6 Å². The molecule has 14 heavy (non-hydrogen) atoms. The second-order valence-electron chi connectivity index (χ2n) is 2.31. The predicted octanol–water partition coefficient (Wildman–Crippen LogP) is 1.46. The monoisotopic (exact) mass is 193 g/mol. The van der Waals surface area contributed by atoms with Gasteiger partial charge in [0.1, 0.15) is 6.29 Å². The normalized spacial score (nSPS) is 8.07. The number of carboxylic acids is 1. The molecule has 74 valence electrons. The van der Waals surface area contributed by atoms with Crippen LogP contribution in [0.15, 0.2) is 31.0 Å². The van der Waals surface area contributed by atoms with Crippen molar-refractivity contribution < 1.29 is 14.7 Å². The zero-order valence-corrected chi connectivity index (χ0v) is 7.80. The Morgan fingerprint density at radius 2 is 2.21 bits per heavy atom. The third kappa shape index (κ3) is 4.15. The van der Waals surface area contributed by atoms with Gasteiger partial charge < -0.3 is 5.11 Å². The first kappa shape index (κ1) is 12.0. The summed E-state index contributed by atoms with van der Waals surface area (Å²) in [4.78, 5) is 23.3. The molecule has 1 aromatic rings. The molecule has 4 nitrogen and oxygen atoms in total. The van der Waals surface area contributed by atoms with Crippen molar-refractivity contribution in [1.82, 2.24) is 4.98 Å². The minimum Gasteiger partial charge on any atom is -0.478 e. The quantitative estimate of drug-likeness (QED) is 0.570. The summed E-state index contributed by atoms with van der Waals surface area (Å²) in [5, 5.41) is 8.53. The Morgan fingerprint density at radius 1 is 1.64 bits per heavy atom. The summed E-state index contributed by atoms with van der Waals surface area (Å²) >= 11 is 0. The lowest BCUT2D eigenvalue weighted by Crippen LogP contribution is -2.00. The Balaban J connectivity index is 0.000000364. The molecule has 1 heterocycles. The van der Waals surface area contributed by atoms with Crippen molar-refractivity contribution >= 4 is 12.3 Å². The number of nitrogens with zero attached hydrogens (tertiary/aromatic N) is 1. The molecule has 1 rings (SSSR count). The molecule has 4 heteroatoms. The van der Waals surface area contributed by atoms with Crippen LogP contribution in [0.2, 0.25) is 0 Å². The average molecular weight is 193 g/mol. The number of hydrogen-bond acceptors (Lipinski definition) is 3. The van der Waals surface area contributed by atoms with E-state index < -0.39 is 5.97 Å². The molecule has 0 aliphatic carbocycles. The van der Waals surface area contributed by atoms with Gasteiger partial charge in [-0.1, -0.05) is 6.58 Å². The van der Waals surface area contributed by atoms with E-state index in [4.69, 9.17) is 9.90 Å². The lowest BCUT2D eigenvalue weighted by atomic mass is 10.2. The summed E-state index contributed by atoms with van der Waals surface area (Å²) < 4.78 is 0. The fourth-order valence-corrected chi connectivity index (χ4v) is 0.710. The number of pyridine rings is 1. The molecule has 1 aromatic heterocycles. The van der Waals surface area contributed by atoms with Gasteiger partial charge >= 0.3 is 5.97 Å². The van der Waals surface area contributed by atoms with Crippen LogP contribution in [0.5, 0.6) is 0 Å². The SMILES string of the molecule is C=CC=O.Cc1ncccc1C(=O)O. The summed E-state index contributed by atoms with van der Waals surface area (Å²) in [6.45, 7) is 4.78. The topological polar surface area (TPSA) is 67.3 Å². The minimum absolute atomic E-state index is 0.266. The van der Waals surface area contributed by atoms with E-state index in [0.29, 0.717) is 12.0 Å². The number of carbonyl (C=O) groups is 2. The summed E-state index contributed by atoms with van der Waals surface area (Å²) in [6.07, 6.45) is 3.40. The highest BCUT2D eigenvalue weighted by atomic mass is 16.4. The largest absolute Gasteiger partial charge is 0.478 e. The third-order valence-electron chi connectivity index (χ3n) is 1.33. The van der Waals surface area contributed by atoms with Crippen LogP contribution in [0.25, 0.3) is 0 Å². The van der Waals surface area contributed by atoms with E-state index in [9.17, 15) is 4.79 Å². The Bertz CT molecular complexity index is 328. The fourth-order valence-electron chi connectivity index (χ4n) is 0.710. The van der Waals surface area contributed by atoms with Crippen molar-refractivity contribution in [2.24, 2.45) is 0 Å². The van der Waals surface area contributed by atoms with Crippen LogP contribution in [0, 0.1) is 6.92 Å². The Hall–Kier alpha value is -1.97. The van der Waals surface area contributed by atoms with Gasteiger partial charge in [-0.2, -0.15) is 0 Å². The Labute approximate surface area is 81.9 Å². The molecule has 0 amide bonds. The van der Waals surface area contributed by atoms with Crippen LogP contribution in [0.3, 0.4) is 0 Å². The van der Waals surface area contributed by atoms with E-state index in [1.165, 1.54) is 12.1 Å². The van der Waals surface area contributed by atoms with Crippen LogP contribution in [-0.4, -0.2) is 22.3 Å². The zero-order chi connectivity index (χ0) is 11.0. The highest BCUT2D eigenvalue weighted by molar-refractivity contribution is 5.88. The van der Waals surface area contributed by atoms with Gasteiger partial charge in [0.05, 0.1) is 11.3 Å². The van der Waals surface area contributed by atoms with Crippen LogP contribution in [-0.2, 0) is 4.79 Å². The summed E-state index contributed by atoms with van der Waals surface area (Å²) in [7, 11) is 0. The number of carbonyl (C=O) groups excluding carboxylic acids is 1. The van der Waals surface area contributed by atoms with Gasteiger partial charge in [0, 0.05) is 6.20 Å². The summed E-state index contributed by atoms with van der Waals surface area (Å²) in [5.41, 5.74) is 0.817. The molecule has 0 aromatic carbocycles. The van der Waals surface area contributed by atoms with Crippen LogP contribution in [0.4, 0.5) is 0 Å². The lowest BCUT2D eigenvalue weighted by molar-refractivity contribution is -0.104. The summed E-state index contributed by atoms with van der Waals surface area (Å²) in [6, 6.07) is 3.14. The maximum atomic E-state index is 10.4. The highest BCUT2D eigenvalue weighted by Crippen LogP contribution is 2.01. The van der Waals surface area contributed by atoms with Crippen LogP contribution >= 0.6 is 0 Å². The van der Waals surface area contributed by atoms with Gasteiger partial charge in [-0.15, -0.1) is 0 Å². The number of aromatic carboxylic acids is 1. The second kappa shape index (κ2) is 6.54. The van der Waals surface area contributed by atoms with Crippen LogP contribution in [0.1, 0.15) is 16.1 Å². The standard InChI is InChI=1S/C7H7NO2.C3H4O/c1-5-6(7(9)10)3-2-4-8-5;1-2-3-4/h2-4H,1H3,(H,9,10);2-3H,1H2. The van der Waals surface area contributed by atoms with Crippen molar-refractivity contribution in [3.63, 3.8) is 0 Å². The van der Waals surface area contributed by atoms with E-state index in [1.807, 2.05) is 0 Å². The van der Waals surface area contributed by atoms with Gasteiger partial charge in [-0.3, -0.25) is 9.78 Å². The lowest BCUT2D eigenvalue weighted by Gasteiger charge is -1.95. The molecule has 0 saturated heterocycles. The molecule has 1 N–H and O–H groups in total. The molecule has 0 aliphatic rings. The van der Waals surface area contributed by atoms with E-state index in [0.717, 1.165) is 0 Å². The molecule has 0 spiro atoms. The summed E-state index contributed by atoms with van der Waals surface area (Å²) in [5.74, 6) is -0.925. The second-order valence-corrected chi connectivity index (χ2v) is 2.31. The predicted molar refractivity (Wildman–Crippen MR) is 52.2 cm³/mol. The van der Waals surface area contributed by atoms with Crippen molar-refractivity contribution in [3.05, 3.63) is 42.2 Å². The van der Waals surface area contributed by atoms with Crippen molar-refractivity contribution in [2.75, 3.05) is 0 Å². The van der Waals surface area contributed by atoms with E-state index in [1.54, 1.807) is 19.2 Å². The molecule has 0 atom stereocenters. The van der Waals surface area contributed by atoms with E-state index in [-0.39, 0.29) is 5.56 Å². The number of aryl methyl sites for hydroxylation is 1. The van der Waals surface area contributed by atoms with Gasteiger partial charge in [0.15, 0.2) is 0 Å². The van der Waals surface area contributed by atoms with Crippen LogP contribution < -0.4 is 0 Å². The third-order valence-corrected chi connectivity index (χ3v) is 1.33. The number of rotatable bonds is 2. The maximum Gasteiger partial charge on any atom is 0.337 e. The number of allylic oxidation sites excluding steroid dienone is 1. The first-order valence-corrected chi connectivity index (χ1v) is 3.84. The Morgan fingerprint density at radius 3 is 2.50 bits per heavy atom. The molecular weight excluding hydrogens is 182 g/mol. The zero-order valence-electron chi connectivity index (χ0n) is 7.80. The molecule has 0 unspecified atom stereocenters. The van der Waals surface area contributed by atoms with Crippen molar-refractivity contribution in [2.45, 2.75) is 6.92 Å². The van der Waals surface area contributed by atoms with Gasteiger partial charge in [0.2, 0.25) is 0 Å². The Kier molecular flexibility index (Phi) is 5.62. The van der Waals surface area contributed by atoms with Crippen molar-refractivity contribution in [3.8, 4) is 0 Å². The number of carboxylic acid groups (broad SMARTS) is 1. The molecule has 0 saturated carbocycles. The number of hydrogen-bond donors (Lipinski definition) is 1. The first-order valence-electron chi connectivity index (χ1n) is 3.84. The molecule has 0 aliphatic heterocycles. The number of aldehydes is 1. The van der Waals surface area contributed by atoms with Gasteiger partial charge in [-0.05, 0) is 25.1 Å². The smallest absolute Gasteiger partial charge is 0.337 e. The minimum atomic E-state index is -0.925.